The average molecular weight is 274 g/mol. The van der Waals surface area contributed by atoms with E-state index >= 15 is 0 Å². The van der Waals surface area contributed by atoms with E-state index in [4.69, 9.17) is 16.0 Å². The van der Waals surface area contributed by atoms with Gasteiger partial charge in [-0.15, -0.1) is 0 Å². The molecule has 6 heteroatoms. The molecule has 18 heavy (non-hydrogen) atoms. The Morgan fingerprint density at radius 3 is 2.78 bits per heavy atom. The van der Waals surface area contributed by atoms with Crippen LogP contribution in [-0.2, 0) is 6.54 Å². The standard InChI is InChI=1S/C12H10ClF2NO2/c13-10-5-9(1-2-11(10)18-12(14)15)16-6-8-3-4-17-7-8/h1-5,7,12,16H,6H2. The van der Waals surface area contributed by atoms with Crippen LogP contribution in [0.15, 0.2) is 41.2 Å². The van der Waals surface area contributed by atoms with Crippen LogP contribution in [0.1, 0.15) is 5.56 Å². The number of benzene rings is 1. The van der Waals surface area contributed by atoms with E-state index in [0.717, 1.165) is 5.56 Å². The van der Waals surface area contributed by atoms with Crippen LogP contribution in [0.25, 0.3) is 0 Å². The Labute approximate surface area is 107 Å². The number of furan rings is 1. The molecule has 0 bridgehead atoms. The molecule has 0 unspecified atom stereocenters. The van der Waals surface area contributed by atoms with Crippen molar-refractivity contribution >= 4 is 17.3 Å². The van der Waals surface area contributed by atoms with Gasteiger partial charge in [0.1, 0.15) is 5.75 Å². The Bertz CT molecular complexity index is 503. The van der Waals surface area contributed by atoms with Gasteiger partial charge in [0.25, 0.3) is 0 Å². The SMILES string of the molecule is FC(F)Oc1ccc(NCc2ccoc2)cc1Cl. The number of nitrogens with one attached hydrogen (secondary N) is 1. The van der Waals surface area contributed by atoms with Crippen molar-refractivity contribution in [3.63, 3.8) is 0 Å². The number of rotatable bonds is 5. The van der Waals surface area contributed by atoms with Gasteiger partial charge in [0.2, 0.25) is 0 Å². The number of alkyl halides is 2. The molecule has 2 rings (SSSR count). The van der Waals surface area contributed by atoms with Gasteiger partial charge in [0.15, 0.2) is 0 Å². The van der Waals surface area contributed by atoms with Gasteiger partial charge >= 0.3 is 6.61 Å². The number of hydrogen-bond donors (Lipinski definition) is 1. The number of hydrogen-bond acceptors (Lipinski definition) is 3. The maximum absolute atomic E-state index is 12.0. The van der Waals surface area contributed by atoms with Gasteiger partial charge in [-0.25, -0.2) is 0 Å². The molecule has 0 spiro atoms. The summed E-state index contributed by atoms with van der Waals surface area (Å²) < 4.78 is 33.2. The second-order valence-corrected chi connectivity index (χ2v) is 3.92. The van der Waals surface area contributed by atoms with Crippen LogP contribution >= 0.6 is 11.6 Å². The quantitative estimate of drug-likeness (QED) is 0.889. The summed E-state index contributed by atoms with van der Waals surface area (Å²) in [5, 5.41) is 3.21. The van der Waals surface area contributed by atoms with E-state index < -0.39 is 6.61 Å². The van der Waals surface area contributed by atoms with Crippen LogP contribution in [0.5, 0.6) is 5.75 Å². The summed E-state index contributed by atoms with van der Waals surface area (Å²) in [6.07, 6.45) is 3.19. The first-order valence-corrected chi connectivity index (χ1v) is 5.52. The number of ether oxygens (including phenoxy) is 1. The van der Waals surface area contributed by atoms with Crippen molar-refractivity contribution in [1.29, 1.82) is 0 Å². The highest BCUT2D eigenvalue weighted by Crippen LogP contribution is 2.29. The van der Waals surface area contributed by atoms with E-state index in [1.54, 1.807) is 18.6 Å². The van der Waals surface area contributed by atoms with E-state index in [2.05, 4.69) is 10.1 Å². The third-order valence-corrected chi connectivity index (χ3v) is 2.52. The predicted molar refractivity (Wildman–Crippen MR) is 64.1 cm³/mol. The van der Waals surface area contributed by atoms with Crippen molar-refractivity contribution in [1.82, 2.24) is 0 Å². The molecule has 0 saturated heterocycles. The summed E-state index contributed by atoms with van der Waals surface area (Å²) in [5.41, 5.74) is 1.68. The first kappa shape index (κ1) is 12.7. The highest BCUT2D eigenvalue weighted by Gasteiger charge is 2.08. The second-order valence-electron chi connectivity index (χ2n) is 3.51. The van der Waals surface area contributed by atoms with Crippen LogP contribution in [0, 0.1) is 0 Å². The maximum atomic E-state index is 12.0. The van der Waals surface area contributed by atoms with Crippen molar-refractivity contribution < 1.29 is 17.9 Å². The lowest BCUT2D eigenvalue weighted by Gasteiger charge is -2.09. The molecule has 0 amide bonds. The minimum absolute atomic E-state index is 0.0412. The number of halogens is 3. The molecule has 0 fully saturated rings. The van der Waals surface area contributed by atoms with E-state index in [9.17, 15) is 8.78 Å². The largest absolute Gasteiger partial charge is 0.472 e. The summed E-state index contributed by atoms with van der Waals surface area (Å²) in [6.45, 7) is -2.32. The molecule has 1 heterocycles. The highest BCUT2D eigenvalue weighted by atomic mass is 35.5. The number of anilines is 1. The van der Waals surface area contributed by atoms with E-state index in [0.29, 0.717) is 12.2 Å². The lowest BCUT2D eigenvalue weighted by molar-refractivity contribution is -0.0497. The summed E-state index contributed by atoms with van der Waals surface area (Å²) >= 11 is 5.82. The molecule has 2 aromatic rings. The van der Waals surface area contributed by atoms with Crippen LogP contribution in [0.4, 0.5) is 14.5 Å². The third-order valence-electron chi connectivity index (χ3n) is 2.22. The van der Waals surface area contributed by atoms with E-state index in [1.807, 2.05) is 6.07 Å². The smallest absolute Gasteiger partial charge is 0.387 e. The molecule has 0 aliphatic rings. The summed E-state index contributed by atoms with van der Waals surface area (Å²) in [5.74, 6) is -0.0412. The lowest BCUT2D eigenvalue weighted by Crippen LogP contribution is -2.03. The van der Waals surface area contributed by atoms with Gasteiger partial charge in [0, 0.05) is 17.8 Å². The van der Waals surface area contributed by atoms with E-state index in [1.165, 1.54) is 12.1 Å². The van der Waals surface area contributed by atoms with Crippen LogP contribution < -0.4 is 10.1 Å². The van der Waals surface area contributed by atoms with Crippen LogP contribution in [0.2, 0.25) is 5.02 Å². The molecular weight excluding hydrogens is 264 g/mol. The van der Waals surface area contributed by atoms with Gasteiger partial charge in [-0.05, 0) is 24.3 Å². The molecule has 0 radical (unpaired) electrons. The molecule has 1 N–H and O–H groups in total. The van der Waals surface area contributed by atoms with Crippen molar-refractivity contribution in [2.45, 2.75) is 13.2 Å². The molecule has 96 valence electrons. The molecule has 0 aliphatic carbocycles. The minimum atomic E-state index is -2.88. The van der Waals surface area contributed by atoms with E-state index in [-0.39, 0.29) is 10.8 Å². The Kier molecular flexibility index (Phi) is 4.04. The fourth-order valence-electron chi connectivity index (χ4n) is 1.40. The molecule has 3 nitrogen and oxygen atoms in total. The summed E-state index contributed by atoms with van der Waals surface area (Å²) in [4.78, 5) is 0. The lowest BCUT2D eigenvalue weighted by atomic mass is 10.2. The predicted octanol–water partition coefficient (Wildman–Crippen LogP) is 4.15. The zero-order valence-electron chi connectivity index (χ0n) is 9.20. The minimum Gasteiger partial charge on any atom is -0.472 e. The first-order chi connectivity index (χ1) is 8.65. The van der Waals surface area contributed by atoms with Crippen LogP contribution in [-0.4, -0.2) is 6.61 Å². The third kappa shape index (κ3) is 3.37. The molecule has 1 aromatic carbocycles. The fraction of sp³-hybridized carbons (Fsp3) is 0.167. The second kappa shape index (κ2) is 5.73. The average Bonchev–Trinajstić information content (AvgIpc) is 2.82. The Morgan fingerprint density at radius 2 is 2.17 bits per heavy atom. The Hall–Kier alpha value is -1.75. The molecular formula is C12H10ClF2NO2. The van der Waals surface area contributed by atoms with Gasteiger partial charge in [-0.3, -0.25) is 0 Å². The van der Waals surface area contributed by atoms with Crippen molar-refractivity contribution in [3.8, 4) is 5.75 Å². The summed E-state index contributed by atoms with van der Waals surface area (Å²) in [7, 11) is 0. The van der Waals surface area contributed by atoms with Crippen molar-refractivity contribution in [2.75, 3.05) is 5.32 Å². The summed E-state index contributed by atoms with van der Waals surface area (Å²) in [6, 6.07) is 6.36. The van der Waals surface area contributed by atoms with Crippen LogP contribution in [0.3, 0.4) is 0 Å². The Balaban J connectivity index is 2.00. The highest BCUT2D eigenvalue weighted by molar-refractivity contribution is 6.32. The van der Waals surface area contributed by atoms with Gasteiger partial charge in [0.05, 0.1) is 17.5 Å². The molecule has 0 atom stereocenters. The maximum Gasteiger partial charge on any atom is 0.387 e. The molecule has 0 aliphatic heterocycles. The fourth-order valence-corrected chi connectivity index (χ4v) is 1.62. The van der Waals surface area contributed by atoms with Gasteiger partial charge in [-0.1, -0.05) is 11.6 Å². The van der Waals surface area contributed by atoms with Crippen molar-refractivity contribution in [2.24, 2.45) is 0 Å². The normalized spacial score (nSPS) is 10.7. The zero-order chi connectivity index (χ0) is 13.0. The monoisotopic (exact) mass is 273 g/mol. The Morgan fingerprint density at radius 1 is 1.33 bits per heavy atom. The molecule has 0 saturated carbocycles. The van der Waals surface area contributed by atoms with Gasteiger partial charge in [-0.2, -0.15) is 8.78 Å². The first-order valence-electron chi connectivity index (χ1n) is 5.14. The van der Waals surface area contributed by atoms with Gasteiger partial charge < -0.3 is 14.5 Å². The molecule has 1 aromatic heterocycles. The zero-order valence-corrected chi connectivity index (χ0v) is 9.95. The van der Waals surface area contributed by atoms with Crippen molar-refractivity contribution in [3.05, 3.63) is 47.4 Å². The topological polar surface area (TPSA) is 34.4 Å².